The van der Waals surface area contributed by atoms with Gasteiger partial charge < -0.3 is 15.3 Å². The molecule has 0 atom stereocenters. The van der Waals surface area contributed by atoms with Crippen LogP contribution < -0.4 is 5.32 Å². The number of para-hydroxylation sites is 1. The van der Waals surface area contributed by atoms with Crippen molar-refractivity contribution in [3.63, 3.8) is 0 Å². The van der Waals surface area contributed by atoms with E-state index in [1.807, 2.05) is 6.07 Å². The van der Waals surface area contributed by atoms with Gasteiger partial charge in [-0.2, -0.15) is 13.2 Å². The predicted octanol–water partition coefficient (Wildman–Crippen LogP) is 4.01. The minimum atomic E-state index is -4.55. The lowest BCUT2D eigenvalue weighted by Crippen LogP contribution is -2.33. The molecule has 9 heteroatoms. The van der Waals surface area contributed by atoms with Crippen molar-refractivity contribution in [1.29, 1.82) is 0 Å². The highest BCUT2D eigenvalue weighted by molar-refractivity contribution is 5.79. The van der Waals surface area contributed by atoms with Gasteiger partial charge in [-0.15, -0.1) is 0 Å². The van der Waals surface area contributed by atoms with E-state index in [9.17, 15) is 18.0 Å². The molecular weight excluding hydrogens is 349 g/mol. The Morgan fingerprint density at radius 2 is 2.00 bits per heavy atom. The van der Waals surface area contributed by atoms with E-state index in [-0.39, 0.29) is 12.5 Å². The zero-order valence-corrected chi connectivity index (χ0v) is 13.5. The number of rotatable bonds is 3. The average Bonchev–Trinajstić information content (AvgIpc) is 2.62. The lowest BCUT2D eigenvalue weighted by molar-refractivity contribution is -0.141. The predicted molar refractivity (Wildman–Crippen MR) is 89.0 cm³/mol. The Morgan fingerprint density at radius 3 is 2.65 bits per heavy atom. The van der Waals surface area contributed by atoms with Gasteiger partial charge in [0, 0.05) is 30.5 Å². The number of aromatic nitrogens is 2. The lowest BCUT2D eigenvalue weighted by atomic mass is 9.98. The van der Waals surface area contributed by atoms with E-state index < -0.39 is 18.0 Å². The normalized spacial score (nSPS) is 14.7. The summed E-state index contributed by atoms with van der Waals surface area (Å²) in [6.45, 7) is 0.620. The molecule has 136 valence electrons. The maximum atomic E-state index is 12.8. The Labute approximate surface area is 147 Å². The van der Waals surface area contributed by atoms with E-state index in [0.717, 1.165) is 23.4 Å². The van der Waals surface area contributed by atoms with Crippen molar-refractivity contribution in [3.8, 4) is 0 Å². The number of benzene rings is 1. The summed E-state index contributed by atoms with van der Waals surface area (Å²) in [5, 5.41) is 11.8. The second-order valence-corrected chi connectivity index (χ2v) is 5.64. The molecule has 3 rings (SSSR count). The first-order valence-electron chi connectivity index (χ1n) is 7.78. The van der Waals surface area contributed by atoms with Crippen LogP contribution in [0.2, 0.25) is 0 Å². The fourth-order valence-corrected chi connectivity index (χ4v) is 2.66. The minimum absolute atomic E-state index is 0.157. The van der Waals surface area contributed by atoms with Gasteiger partial charge in [-0.25, -0.2) is 14.8 Å². The molecule has 2 aromatic rings. The number of carboxylic acid groups (broad SMARTS) is 1. The van der Waals surface area contributed by atoms with Crippen LogP contribution in [0.5, 0.6) is 0 Å². The van der Waals surface area contributed by atoms with E-state index in [2.05, 4.69) is 15.3 Å². The topological polar surface area (TPSA) is 78.4 Å². The van der Waals surface area contributed by atoms with Crippen molar-refractivity contribution in [2.45, 2.75) is 12.6 Å². The first kappa shape index (κ1) is 17.7. The summed E-state index contributed by atoms with van der Waals surface area (Å²) < 4.78 is 38.4. The summed E-state index contributed by atoms with van der Waals surface area (Å²) in [6.07, 6.45) is -2.18. The van der Waals surface area contributed by atoms with Gasteiger partial charge in [0.05, 0.1) is 0 Å². The highest BCUT2D eigenvalue weighted by atomic mass is 19.4. The summed E-state index contributed by atoms with van der Waals surface area (Å²) in [4.78, 5) is 19.6. The number of hydrogen-bond acceptors (Lipinski definition) is 4. The standard InChI is InChI=1S/C17H15F3N4O2/c18-17(19,20)14-5-8-21-15(23-14)22-13-4-2-1-3-12(13)11-6-9-24(10-7-11)16(25)26/h1-6,8H,7,9-10H2,(H,25,26)(H,21,22,23). The van der Waals surface area contributed by atoms with Gasteiger partial charge in [0.1, 0.15) is 5.69 Å². The van der Waals surface area contributed by atoms with Crippen molar-refractivity contribution in [3.05, 3.63) is 53.9 Å². The first-order chi connectivity index (χ1) is 12.3. The molecule has 1 aromatic heterocycles. The van der Waals surface area contributed by atoms with Crippen LogP contribution in [-0.4, -0.2) is 39.2 Å². The van der Waals surface area contributed by atoms with E-state index in [0.29, 0.717) is 18.7 Å². The fourth-order valence-electron chi connectivity index (χ4n) is 2.66. The maximum Gasteiger partial charge on any atom is 0.433 e. The number of nitrogens with one attached hydrogen (secondary N) is 1. The third-order valence-corrected chi connectivity index (χ3v) is 3.95. The number of halogens is 3. The van der Waals surface area contributed by atoms with Crippen LogP contribution in [0.15, 0.2) is 42.6 Å². The molecule has 0 unspecified atom stereocenters. The Hall–Kier alpha value is -3.10. The molecule has 0 radical (unpaired) electrons. The second-order valence-electron chi connectivity index (χ2n) is 5.64. The maximum absolute atomic E-state index is 12.8. The molecule has 2 N–H and O–H groups in total. The number of hydrogen-bond donors (Lipinski definition) is 2. The Balaban J connectivity index is 1.86. The molecule has 1 amide bonds. The monoisotopic (exact) mass is 364 g/mol. The van der Waals surface area contributed by atoms with Crippen molar-refractivity contribution < 1.29 is 23.1 Å². The molecule has 0 fully saturated rings. The Kier molecular flexibility index (Phi) is 4.79. The smallest absolute Gasteiger partial charge is 0.433 e. The molecule has 6 nitrogen and oxygen atoms in total. The molecule has 0 aliphatic carbocycles. The number of anilines is 2. The molecule has 0 spiro atoms. The van der Waals surface area contributed by atoms with Gasteiger partial charge in [0.15, 0.2) is 0 Å². The SMILES string of the molecule is O=C(O)N1CC=C(c2ccccc2Nc2nccc(C(F)(F)F)n2)CC1. The summed E-state index contributed by atoms with van der Waals surface area (Å²) in [5.41, 5.74) is 1.22. The van der Waals surface area contributed by atoms with E-state index in [1.165, 1.54) is 4.90 Å². The highest BCUT2D eigenvalue weighted by Gasteiger charge is 2.32. The first-order valence-corrected chi connectivity index (χ1v) is 7.78. The van der Waals surface area contributed by atoms with Crippen LogP contribution in [0.25, 0.3) is 5.57 Å². The minimum Gasteiger partial charge on any atom is -0.465 e. The molecule has 0 saturated heterocycles. The third-order valence-electron chi connectivity index (χ3n) is 3.95. The van der Waals surface area contributed by atoms with Gasteiger partial charge in [0.25, 0.3) is 0 Å². The zero-order valence-electron chi connectivity index (χ0n) is 13.5. The summed E-state index contributed by atoms with van der Waals surface area (Å²) in [7, 11) is 0. The van der Waals surface area contributed by atoms with E-state index >= 15 is 0 Å². The Morgan fingerprint density at radius 1 is 1.23 bits per heavy atom. The molecule has 0 bridgehead atoms. The van der Waals surface area contributed by atoms with E-state index in [1.54, 1.807) is 24.3 Å². The van der Waals surface area contributed by atoms with Crippen LogP contribution >= 0.6 is 0 Å². The molecule has 2 heterocycles. The number of alkyl halides is 3. The van der Waals surface area contributed by atoms with Gasteiger partial charge in [0.2, 0.25) is 5.95 Å². The van der Waals surface area contributed by atoms with Crippen LogP contribution in [0.1, 0.15) is 17.7 Å². The quantitative estimate of drug-likeness (QED) is 0.861. The van der Waals surface area contributed by atoms with Gasteiger partial charge in [-0.1, -0.05) is 24.3 Å². The molecular formula is C17H15F3N4O2. The molecule has 1 aliphatic heterocycles. The van der Waals surface area contributed by atoms with Crippen molar-refractivity contribution >= 4 is 23.3 Å². The second kappa shape index (κ2) is 7.03. The zero-order chi connectivity index (χ0) is 18.7. The summed E-state index contributed by atoms with van der Waals surface area (Å²) >= 11 is 0. The lowest BCUT2D eigenvalue weighted by Gasteiger charge is -2.25. The highest BCUT2D eigenvalue weighted by Crippen LogP contribution is 2.31. The van der Waals surface area contributed by atoms with Crippen molar-refractivity contribution in [1.82, 2.24) is 14.9 Å². The molecule has 1 aliphatic rings. The van der Waals surface area contributed by atoms with Crippen LogP contribution in [0, 0.1) is 0 Å². The number of nitrogens with zero attached hydrogens (tertiary/aromatic N) is 3. The number of carbonyl (C=O) groups is 1. The third kappa shape index (κ3) is 3.93. The molecule has 0 saturated carbocycles. The van der Waals surface area contributed by atoms with Gasteiger partial charge >= 0.3 is 12.3 Å². The Bertz CT molecular complexity index is 852. The summed E-state index contributed by atoms with van der Waals surface area (Å²) in [5.74, 6) is -0.157. The van der Waals surface area contributed by atoms with Crippen LogP contribution in [0.4, 0.5) is 29.6 Å². The van der Waals surface area contributed by atoms with Crippen molar-refractivity contribution in [2.75, 3.05) is 18.4 Å². The summed E-state index contributed by atoms with van der Waals surface area (Å²) in [6, 6.07) is 7.88. The average molecular weight is 364 g/mol. The van der Waals surface area contributed by atoms with Gasteiger partial charge in [-0.3, -0.25) is 0 Å². The van der Waals surface area contributed by atoms with Gasteiger partial charge in [-0.05, 0) is 24.1 Å². The molecule has 1 aromatic carbocycles. The molecule has 26 heavy (non-hydrogen) atoms. The van der Waals surface area contributed by atoms with E-state index in [4.69, 9.17) is 5.11 Å². The van der Waals surface area contributed by atoms with Crippen LogP contribution in [0.3, 0.4) is 0 Å². The van der Waals surface area contributed by atoms with Crippen molar-refractivity contribution in [2.24, 2.45) is 0 Å². The van der Waals surface area contributed by atoms with Crippen LogP contribution in [-0.2, 0) is 6.18 Å². The largest absolute Gasteiger partial charge is 0.465 e. The number of amides is 1. The fraction of sp³-hybridized carbons (Fsp3) is 0.235.